The molecule has 19 heavy (non-hydrogen) atoms. The maximum Gasteiger partial charge on any atom is 0.191 e. The Balaban J connectivity index is 1.80. The number of aryl methyl sites for hydroxylation is 2. The van der Waals surface area contributed by atoms with Gasteiger partial charge in [-0.25, -0.2) is 9.97 Å². The molecule has 2 aromatic heterocycles. The van der Waals surface area contributed by atoms with E-state index in [1.807, 2.05) is 19.3 Å². The Labute approximate surface area is 120 Å². The van der Waals surface area contributed by atoms with E-state index in [0.29, 0.717) is 6.54 Å². The van der Waals surface area contributed by atoms with Crippen LogP contribution in [0.1, 0.15) is 19.8 Å². The number of hydrogen-bond donors (Lipinski definition) is 2. The smallest absolute Gasteiger partial charge is 0.191 e. The third-order valence-electron chi connectivity index (χ3n) is 2.40. The third-order valence-corrected chi connectivity index (χ3v) is 4.22. The van der Waals surface area contributed by atoms with E-state index in [2.05, 4.69) is 32.5 Å². The molecule has 0 bridgehead atoms. The van der Waals surface area contributed by atoms with Crippen LogP contribution < -0.4 is 10.6 Å². The molecule has 0 saturated heterocycles. The second-order valence-electron chi connectivity index (χ2n) is 3.99. The fourth-order valence-corrected chi connectivity index (χ4v) is 2.98. The average Bonchev–Trinajstić information content (AvgIpc) is 2.99. The Kier molecular flexibility index (Phi) is 4.86. The van der Waals surface area contributed by atoms with Crippen LogP contribution in [0.5, 0.6) is 0 Å². The molecule has 2 aromatic rings. The van der Waals surface area contributed by atoms with Crippen LogP contribution in [0.15, 0.2) is 17.4 Å². The van der Waals surface area contributed by atoms with Crippen molar-refractivity contribution in [2.75, 3.05) is 7.05 Å². The molecular weight excluding hydrogens is 278 g/mol. The standard InChI is InChI=1S/C12H17N5S2/c1-8-4-15-11(18-8)7-17-12(13-3)16-6-10-5-14-9(2)19-10/h4-5H,6-7H2,1-3H3,(H2,13,16,17). The summed E-state index contributed by atoms with van der Waals surface area (Å²) in [5, 5.41) is 8.65. The topological polar surface area (TPSA) is 62.2 Å². The second kappa shape index (κ2) is 6.63. The molecule has 0 atom stereocenters. The predicted octanol–water partition coefficient (Wildman–Crippen LogP) is 2.08. The fourth-order valence-electron chi connectivity index (χ4n) is 1.52. The summed E-state index contributed by atoms with van der Waals surface area (Å²) in [6, 6.07) is 0. The van der Waals surface area contributed by atoms with Crippen LogP contribution in [0.4, 0.5) is 0 Å². The number of nitrogens with zero attached hydrogens (tertiary/aromatic N) is 3. The van der Waals surface area contributed by atoms with Crippen molar-refractivity contribution < 1.29 is 0 Å². The number of aliphatic imine (C=N–C) groups is 1. The van der Waals surface area contributed by atoms with Gasteiger partial charge in [-0.3, -0.25) is 4.99 Å². The van der Waals surface area contributed by atoms with Gasteiger partial charge in [-0.05, 0) is 13.8 Å². The predicted molar refractivity (Wildman–Crippen MR) is 80.7 cm³/mol. The summed E-state index contributed by atoms with van der Waals surface area (Å²) in [6.45, 7) is 5.49. The van der Waals surface area contributed by atoms with Crippen LogP contribution in [0.25, 0.3) is 0 Å². The Hall–Kier alpha value is -1.47. The van der Waals surface area contributed by atoms with Crippen LogP contribution in [-0.4, -0.2) is 23.0 Å². The van der Waals surface area contributed by atoms with Crippen molar-refractivity contribution in [3.63, 3.8) is 0 Å². The van der Waals surface area contributed by atoms with Crippen LogP contribution >= 0.6 is 22.7 Å². The SMILES string of the molecule is CN=C(NCc1cnc(C)s1)NCc1ncc(C)s1. The molecule has 5 nitrogen and oxygen atoms in total. The first-order valence-corrected chi connectivity index (χ1v) is 7.58. The summed E-state index contributed by atoms with van der Waals surface area (Å²) in [4.78, 5) is 15.1. The van der Waals surface area contributed by atoms with Gasteiger partial charge in [-0.15, -0.1) is 22.7 Å². The molecule has 102 valence electrons. The fraction of sp³-hybridized carbons (Fsp3) is 0.417. The highest BCUT2D eigenvalue weighted by molar-refractivity contribution is 7.11. The minimum absolute atomic E-state index is 0.694. The summed E-state index contributed by atoms with van der Waals surface area (Å²) < 4.78 is 0. The molecule has 0 aliphatic heterocycles. The van der Waals surface area contributed by atoms with E-state index in [1.54, 1.807) is 29.7 Å². The summed E-state index contributed by atoms with van der Waals surface area (Å²) >= 11 is 3.39. The zero-order valence-corrected chi connectivity index (χ0v) is 12.9. The molecule has 0 saturated carbocycles. The number of rotatable bonds is 4. The number of nitrogens with one attached hydrogen (secondary N) is 2. The van der Waals surface area contributed by atoms with Crippen molar-refractivity contribution in [1.82, 2.24) is 20.6 Å². The van der Waals surface area contributed by atoms with Crippen LogP contribution in [0.2, 0.25) is 0 Å². The summed E-state index contributed by atoms with van der Waals surface area (Å²) in [5.74, 6) is 0.777. The zero-order valence-electron chi connectivity index (χ0n) is 11.2. The summed E-state index contributed by atoms with van der Waals surface area (Å²) in [7, 11) is 1.76. The Morgan fingerprint density at radius 2 is 1.95 bits per heavy atom. The van der Waals surface area contributed by atoms with Crippen LogP contribution in [-0.2, 0) is 13.1 Å². The highest BCUT2D eigenvalue weighted by atomic mass is 32.1. The van der Waals surface area contributed by atoms with Gasteiger partial charge in [0.05, 0.1) is 18.1 Å². The average molecular weight is 295 g/mol. The molecule has 7 heteroatoms. The molecule has 2 N–H and O–H groups in total. The van der Waals surface area contributed by atoms with E-state index in [1.165, 1.54) is 9.75 Å². The number of thiazole rings is 2. The van der Waals surface area contributed by atoms with E-state index in [4.69, 9.17) is 0 Å². The lowest BCUT2D eigenvalue weighted by molar-refractivity contribution is 0.810. The van der Waals surface area contributed by atoms with E-state index in [-0.39, 0.29) is 0 Å². The molecule has 0 aliphatic carbocycles. The first kappa shape index (κ1) is 14.0. The summed E-state index contributed by atoms with van der Waals surface area (Å²) in [5.41, 5.74) is 0. The number of guanidine groups is 1. The van der Waals surface area contributed by atoms with Crippen LogP contribution in [0, 0.1) is 13.8 Å². The second-order valence-corrected chi connectivity index (χ2v) is 6.63. The van der Waals surface area contributed by atoms with Gasteiger partial charge in [-0.1, -0.05) is 0 Å². The Bertz CT molecular complexity index is 512. The van der Waals surface area contributed by atoms with Gasteiger partial charge in [0.25, 0.3) is 0 Å². The molecule has 0 amide bonds. The van der Waals surface area contributed by atoms with Crippen molar-refractivity contribution in [2.24, 2.45) is 4.99 Å². The number of hydrogen-bond acceptors (Lipinski definition) is 5. The molecule has 0 spiro atoms. The molecule has 2 rings (SSSR count). The van der Waals surface area contributed by atoms with Crippen molar-refractivity contribution in [1.29, 1.82) is 0 Å². The largest absolute Gasteiger partial charge is 0.351 e. The van der Waals surface area contributed by atoms with Gasteiger partial charge < -0.3 is 10.6 Å². The lowest BCUT2D eigenvalue weighted by atomic mass is 10.5. The molecule has 0 fully saturated rings. The van der Waals surface area contributed by atoms with Crippen molar-refractivity contribution in [2.45, 2.75) is 26.9 Å². The molecule has 2 heterocycles. The molecule has 0 radical (unpaired) electrons. The van der Waals surface area contributed by atoms with Gasteiger partial charge >= 0.3 is 0 Å². The summed E-state index contributed by atoms with van der Waals surface area (Å²) in [6.07, 6.45) is 3.78. The first-order chi connectivity index (χ1) is 9.17. The van der Waals surface area contributed by atoms with Gasteiger partial charge in [0.1, 0.15) is 5.01 Å². The van der Waals surface area contributed by atoms with Crippen molar-refractivity contribution >= 4 is 28.6 Å². The Morgan fingerprint density at radius 1 is 1.16 bits per heavy atom. The molecule has 0 aromatic carbocycles. The molecule has 0 aliphatic rings. The third kappa shape index (κ3) is 4.29. The molecular formula is C12H17N5S2. The highest BCUT2D eigenvalue weighted by Gasteiger charge is 2.03. The van der Waals surface area contributed by atoms with Gasteiger partial charge in [0, 0.05) is 29.2 Å². The Morgan fingerprint density at radius 3 is 2.53 bits per heavy atom. The lowest BCUT2D eigenvalue weighted by Gasteiger charge is -2.09. The van der Waals surface area contributed by atoms with Gasteiger partial charge in [0.2, 0.25) is 0 Å². The lowest BCUT2D eigenvalue weighted by Crippen LogP contribution is -2.36. The van der Waals surface area contributed by atoms with E-state index < -0.39 is 0 Å². The van der Waals surface area contributed by atoms with Crippen molar-refractivity contribution in [3.8, 4) is 0 Å². The first-order valence-electron chi connectivity index (χ1n) is 5.94. The zero-order chi connectivity index (χ0) is 13.7. The van der Waals surface area contributed by atoms with Gasteiger partial charge in [-0.2, -0.15) is 0 Å². The minimum atomic E-state index is 0.694. The van der Waals surface area contributed by atoms with E-state index in [0.717, 1.165) is 22.5 Å². The highest BCUT2D eigenvalue weighted by Crippen LogP contribution is 2.11. The number of aromatic nitrogens is 2. The normalized spacial score (nSPS) is 11.6. The van der Waals surface area contributed by atoms with E-state index in [9.17, 15) is 0 Å². The van der Waals surface area contributed by atoms with Gasteiger partial charge in [0.15, 0.2) is 5.96 Å². The van der Waals surface area contributed by atoms with Crippen LogP contribution in [0.3, 0.4) is 0 Å². The molecule has 0 unspecified atom stereocenters. The monoisotopic (exact) mass is 295 g/mol. The maximum atomic E-state index is 4.31. The van der Waals surface area contributed by atoms with E-state index >= 15 is 0 Å². The minimum Gasteiger partial charge on any atom is -0.351 e. The van der Waals surface area contributed by atoms with Crippen molar-refractivity contribution in [3.05, 3.63) is 32.2 Å². The maximum absolute atomic E-state index is 4.31. The quantitative estimate of drug-likeness (QED) is 0.670.